The van der Waals surface area contributed by atoms with E-state index in [1.54, 1.807) is 23.7 Å². The summed E-state index contributed by atoms with van der Waals surface area (Å²) in [5.41, 5.74) is 3.86. The molecule has 5 nitrogen and oxygen atoms in total. The van der Waals surface area contributed by atoms with Gasteiger partial charge in [0.2, 0.25) is 0 Å². The Morgan fingerprint density at radius 1 is 1.20 bits per heavy atom. The topological polar surface area (TPSA) is 70.2 Å². The van der Waals surface area contributed by atoms with Gasteiger partial charge in [0.05, 0.1) is 11.9 Å². The van der Waals surface area contributed by atoms with E-state index in [2.05, 4.69) is 41.1 Å². The molecule has 0 saturated carbocycles. The van der Waals surface area contributed by atoms with Gasteiger partial charge in [-0.1, -0.05) is 0 Å². The number of rotatable bonds is 2. The first kappa shape index (κ1) is 11.8. The van der Waals surface area contributed by atoms with Gasteiger partial charge in [-0.25, -0.2) is 9.97 Å². The maximum Gasteiger partial charge on any atom is 0.137 e. The molecule has 0 bridgehead atoms. The maximum absolute atomic E-state index is 4.67. The first-order chi connectivity index (χ1) is 9.81. The summed E-state index contributed by atoms with van der Waals surface area (Å²) < 4.78 is 0.955. The molecule has 4 aromatic rings. The molecule has 0 aliphatic carbocycles. The molecule has 4 heterocycles. The number of halogens is 1. The van der Waals surface area contributed by atoms with Crippen molar-refractivity contribution in [2.75, 3.05) is 0 Å². The molecule has 0 spiro atoms. The van der Waals surface area contributed by atoms with E-state index in [0.717, 1.165) is 37.3 Å². The number of nitrogens with zero attached hydrogens (tertiary/aromatic N) is 3. The largest absolute Gasteiger partial charge is 0.345 e. The number of hydrogen-bond donors (Lipinski definition) is 2. The molecule has 0 aromatic carbocycles. The van der Waals surface area contributed by atoms with Gasteiger partial charge in [0.25, 0.3) is 0 Å². The van der Waals surface area contributed by atoms with E-state index in [-0.39, 0.29) is 0 Å². The van der Waals surface area contributed by atoms with Gasteiger partial charge >= 0.3 is 0 Å². The number of pyridine rings is 1. The van der Waals surface area contributed by atoms with Crippen molar-refractivity contribution in [2.45, 2.75) is 0 Å². The number of H-pyrrole nitrogens is 2. The summed E-state index contributed by atoms with van der Waals surface area (Å²) in [4.78, 5) is 12.2. The van der Waals surface area contributed by atoms with Crippen LogP contribution in [0.15, 0.2) is 40.7 Å². The second kappa shape index (κ2) is 4.53. The van der Waals surface area contributed by atoms with Crippen LogP contribution >= 0.6 is 27.3 Å². The van der Waals surface area contributed by atoms with Crippen molar-refractivity contribution >= 4 is 38.3 Å². The zero-order chi connectivity index (χ0) is 13.5. The first-order valence-electron chi connectivity index (χ1n) is 5.89. The van der Waals surface area contributed by atoms with E-state index in [0.29, 0.717) is 0 Å². The molecule has 0 saturated heterocycles. The predicted molar refractivity (Wildman–Crippen MR) is 82.5 cm³/mol. The number of fused-ring (bicyclic) bond motifs is 1. The Kier molecular flexibility index (Phi) is 2.68. The Hall–Kier alpha value is -1.99. The van der Waals surface area contributed by atoms with Gasteiger partial charge in [0.1, 0.15) is 10.7 Å². The molecule has 0 atom stereocenters. The third kappa shape index (κ3) is 1.86. The highest BCUT2D eigenvalue weighted by atomic mass is 79.9. The molecule has 4 aromatic heterocycles. The molecule has 4 rings (SSSR count). The normalized spacial score (nSPS) is 11.2. The second-order valence-corrected chi connectivity index (χ2v) is 6.05. The van der Waals surface area contributed by atoms with Gasteiger partial charge in [-0.3, -0.25) is 5.10 Å². The van der Waals surface area contributed by atoms with E-state index < -0.39 is 0 Å². The Labute approximate surface area is 126 Å². The number of aromatic amines is 2. The smallest absolute Gasteiger partial charge is 0.137 e. The van der Waals surface area contributed by atoms with Gasteiger partial charge in [-0.2, -0.15) is 5.10 Å². The minimum atomic E-state index is 0.862. The van der Waals surface area contributed by atoms with Crippen molar-refractivity contribution in [3.63, 3.8) is 0 Å². The molecule has 0 radical (unpaired) electrons. The van der Waals surface area contributed by atoms with E-state index >= 15 is 0 Å². The van der Waals surface area contributed by atoms with Crippen LogP contribution in [0.3, 0.4) is 0 Å². The van der Waals surface area contributed by atoms with Crippen LogP contribution in [0.1, 0.15) is 0 Å². The average Bonchev–Trinajstić information content (AvgIpc) is 3.17. The SMILES string of the molecule is Brc1cnc2[nH]cc(-c3csc(-c4cn[nH]c4)n3)c2c1. The zero-order valence-corrected chi connectivity index (χ0v) is 12.5. The Balaban J connectivity index is 1.85. The number of nitrogens with one attached hydrogen (secondary N) is 2. The summed E-state index contributed by atoms with van der Waals surface area (Å²) in [7, 11) is 0. The molecular weight excluding hydrogens is 338 g/mol. The minimum absolute atomic E-state index is 0.862. The highest BCUT2D eigenvalue weighted by molar-refractivity contribution is 9.10. The third-order valence-corrected chi connectivity index (χ3v) is 4.35. The van der Waals surface area contributed by atoms with Crippen LogP contribution in [0, 0.1) is 0 Å². The quantitative estimate of drug-likeness (QED) is 0.579. The van der Waals surface area contributed by atoms with Crippen molar-refractivity contribution in [2.24, 2.45) is 0 Å². The fourth-order valence-corrected chi connectivity index (χ4v) is 3.22. The van der Waals surface area contributed by atoms with E-state index in [4.69, 9.17) is 0 Å². The predicted octanol–water partition coefficient (Wildman–Crippen LogP) is 3.84. The van der Waals surface area contributed by atoms with Crippen molar-refractivity contribution in [1.29, 1.82) is 0 Å². The second-order valence-electron chi connectivity index (χ2n) is 4.28. The van der Waals surface area contributed by atoms with Crippen molar-refractivity contribution in [1.82, 2.24) is 25.1 Å². The lowest BCUT2D eigenvalue weighted by atomic mass is 10.2. The molecular formula is C13H8BrN5S. The Morgan fingerprint density at radius 2 is 2.15 bits per heavy atom. The number of aromatic nitrogens is 5. The zero-order valence-electron chi connectivity index (χ0n) is 10.1. The lowest BCUT2D eigenvalue weighted by Gasteiger charge is -1.95. The number of hydrogen-bond acceptors (Lipinski definition) is 4. The highest BCUT2D eigenvalue weighted by Crippen LogP contribution is 2.32. The molecule has 20 heavy (non-hydrogen) atoms. The van der Waals surface area contributed by atoms with Gasteiger partial charge in [-0.05, 0) is 22.0 Å². The molecule has 7 heteroatoms. The molecule has 0 aliphatic heterocycles. The average molecular weight is 346 g/mol. The minimum Gasteiger partial charge on any atom is -0.345 e. The van der Waals surface area contributed by atoms with E-state index in [1.165, 1.54) is 0 Å². The standard InChI is InChI=1S/C13H8BrN5S/c14-8-1-9-10(5-16-12(9)15-4-8)11-6-20-13(19-11)7-2-17-18-3-7/h1-6H,(H,15,16)(H,17,18). The Morgan fingerprint density at radius 3 is 3.00 bits per heavy atom. The summed E-state index contributed by atoms with van der Waals surface area (Å²) in [5, 5.41) is 10.8. The van der Waals surface area contributed by atoms with Gasteiger partial charge in [0.15, 0.2) is 0 Å². The molecule has 0 unspecified atom stereocenters. The van der Waals surface area contributed by atoms with Crippen LogP contribution in [0.5, 0.6) is 0 Å². The van der Waals surface area contributed by atoms with Crippen molar-refractivity contribution in [3.8, 4) is 21.8 Å². The lowest BCUT2D eigenvalue weighted by Crippen LogP contribution is -1.78. The van der Waals surface area contributed by atoms with Gasteiger partial charge in [0, 0.05) is 45.0 Å². The monoisotopic (exact) mass is 345 g/mol. The Bertz CT molecular complexity index is 877. The van der Waals surface area contributed by atoms with Crippen LogP contribution in [0.4, 0.5) is 0 Å². The summed E-state index contributed by atoms with van der Waals surface area (Å²) in [6.07, 6.45) is 7.34. The van der Waals surface area contributed by atoms with Crippen LogP contribution in [0.2, 0.25) is 0 Å². The van der Waals surface area contributed by atoms with E-state index in [9.17, 15) is 0 Å². The number of thiazole rings is 1. The maximum atomic E-state index is 4.67. The van der Waals surface area contributed by atoms with Crippen molar-refractivity contribution in [3.05, 3.63) is 40.7 Å². The highest BCUT2D eigenvalue weighted by Gasteiger charge is 2.12. The molecule has 0 amide bonds. The van der Waals surface area contributed by atoms with Crippen LogP contribution in [0.25, 0.3) is 32.9 Å². The van der Waals surface area contributed by atoms with Crippen LogP contribution in [-0.2, 0) is 0 Å². The molecule has 98 valence electrons. The summed E-state index contributed by atoms with van der Waals surface area (Å²) in [5.74, 6) is 0. The molecule has 0 fully saturated rings. The van der Waals surface area contributed by atoms with Crippen LogP contribution in [-0.4, -0.2) is 25.1 Å². The molecule has 2 N–H and O–H groups in total. The summed E-state index contributed by atoms with van der Waals surface area (Å²) >= 11 is 5.06. The van der Waals surface area contributed by atoms with Crippen LogP contribution < -0.4 is 0 Å². The third-order valence-electron chi connectivity index (χ3n) is 3.02. The first-order valence-corrected chi connectivity index (χ1v) is 7.56. The summed E-state index contributed by atoms with van der Waals surface area (Å²) in [6, 6.07) is 2.05. The fourth-order valence-electron chi connectivity index (χ4n) is 2.09. The lowest BCUT2D eigenvalue weighted by molar-refractivity contribution is 1.09. The van der Waals surface area contributed by atoms with Gasteiger partial charge < -0.3 is 4.98 Å². The van der Waals surface area contributed by atoms with Crippen molar-refractivity contribution < 1.29 is 0 Å². The van der Waals surface area contributed by atoms with Gasteiger partial charge in [-0.15, -0.1) is 11.3 Å². The molecule has 0 aliphatic rings. The summed E-state index contributed by atoms with van der Waals surface area (Å²) in [6.45, 7) is 0. The fraction of sp³-hybridized carbons (Fsp3) is 0. The van der Waals surface area contributed by atoms with E-state index in [1.807, 2.05) is 23.8 Å².